The van der Waals surface area contributed by atoms with E-state index in [0.29, 0.717) is 0 Å². The molecule has 3 aliphatic carbocycles. The van der Waals surface area contributed by atoms with Gasteiger partial charge in [0.1, 0.15) is 0 Å². The summed E-state index contributed by atoms with van der Waals surface area (Å²) in [5.41, 5.74) is 24.3. The van der Waals surface area contributed by atoms with Crippen molar-refractivity contribution in [2.24, 2.45) is 0 Å². The Labute approximate surface area is 357 Å². The molecule has 3 aliphatic rings. The van der Waals surface area contributed by atoms with E-state index in [2.05, 4.69) is 210 Å². The smallest absolute Gasteiger partial charge is 0.0159 e. The van der Waals surface area contributed by atoms with E-state index >= 15 is 0 Å². The van der Waals surface area contributed by atoms with E-state index in [-0.39, 0.29) is 10.8 Å². The van der Waals surface area contributed by atoms with E-state index in [4.69, 9.17) is 0 Å². The predicted molar refractivity (Wildman–Crippen MR) is 259 cm³/mol. The lowest BCUT2D eigenvalue weighted by Crippen LogP contribution is -2.15. The number of hydrogen-bond acceptors (Lipinski definition) is 0. The molecular weight excluding hydrogens is 733 g/mol. The highest BCUT2D eigenvalue weighted by atomic mass is 14.4. The molecule has 0 aromatic heterocycles. The van der Waals surface area contributed by atoms with Gasteiger partial charge in [0.15, 0.2) is 0 Å². The lowest BCUT2D eigenvalue weighted by atomic mass is 9.79. The van der Waals surface area contributed by atoms with Crippen molar-refractivity contribution < 1.29 is 0 Å². The summed E-state index contributed by atoms with van der Waals surface area (Å²) in [5.74, 6) is 0. The lowest BCUT2D eigenvalue weighted by Gasteiger charge is -2.24. The highest BCUT2D eigenvalue weighted by Gasteiger charge is 2.39. The van der Waals surface area contributed by atoms with Crippen LogP contribution in [0.2, 0.25) is 0 Å². The Morgan fingerprint density at radius 1 is 0.295 bits per heavy atom. The minimum absolute atomic E-state index is 0.104. The molecule has 0 saturated carbocycles. The molecule has 0 unspecified atom stereocenters. The van der Waals surface area contributed by atoms with Crippen LogP contribution in [0.3, 0.4) is 0 Å². The maximum atomic E-state index is 2.50. The second-order valence-electron chi connectivity index (χ2n) is 18.7. The topological polar surface area (TPSA) is 0 Å². The molecule has 10 aromatic rings. The van der Waals surface area contributed by atoms with Gasteiger partial charge in [-0.2, -0.15) is 0 Å². The van der Waals surface area contributed by atoms with Crippen LogP contribution in [0.1, 0.15) is 61.1 Å². The van der Waals surface area contributed by atoms with Crippen molar-refractivity contribution in [2.75, 3.05) is 0 Å². The van der Waals surface area contributed by atoms with E-state index < -0.39 is 0 Å². The number of fused-ring (bicyclic) bond motifs is 14. The van der Waals surface area contributed by atoms with E-state index in [1.165, 1.54) is 132 Å². The largest absolute Gasteiger partial charge is 0.0622 e. The van der Waals surface area contributed by atoms with Gasteiger partial charge < -0.3 is 0 Å². The summed E-state index contributed by atoms with van der Waals surface area (Å²) in [6.07, 6.45) is 1.01. The molecule has 0 spiro atoms. The van der Waals surface area contributed by atoms with Crippen LogP contribution < -0.4 is 0 Å². The van der Waals surface area contributed by atoms with Crippen molar-refractivity contribution in [1.82, 2.24) is 0 Å². The van der Waals surface area contributed by atoms with Gasteiger partial charge in [0.2, 0.25) is 0 Å². The van der Waals surface area contributed by atoms with E-state index in [1.54, 1.807) is 0 Å². The first-order chi connectivity index (χ1) is 29.8. The van der Waals surface area contributed by atoms with Crippen LogP contribution in [-0.2, 0) is 17.3 Å². The van der Waals surface area contributed by atoms with Crippen molar-refractivity contribution >= 4 is 32.3 Å². The molecule has 0 aliphatic heterocycles. The second kappa shape index (κ2) is 12.3. The Morgan fingerprint density at radius 3 is 1.41 bits per heavy atom. The van der Waals surface area contributed by atoms with Gasteiger partial charge in [-0.3, -0.25) is 0 Å². The molecule has 0 radical (unpaired) electrons. The van der Waals surface area contributed by atoms with Gasteiger partial charge in [0.05, 0.1) is 0 Å². The zero-order valence-electron chi connectivity index (χ0n) is 35.0. The highest BCUT2D eigenvalue weighted by molar-refractivity contribution is 6.21. The monoisotopic (exact) mass is 776 g/mol. The standard InChI is InChI=1S/C61H44/c1-60(2)53-31-30-43-50(29-28-42-41-17-9-8-16-39(41)32-52(42)43)59(53)51-27-23-38(34-56(51)60)37-22-25-44-45-26-24-40(35-55(45)61(3,4)54(44)33-37)58-48-20-12-10-18-46(48)57(36-14-6-5-7-15-36)47-19-11-13-21-49(47)58/h5-31,33-35H,32H2,1-4H3. The fourth-order valence-electron chi connectivity index (χ4n) is 11.9. The van der Waals surface area contributed by atoms with Crippen LogP contribution in [-0.4, -0.2) is 0 Å². The molecule has 13 rings (SSSR count). The highest BCUT2D eigenvalue weighted by Crippen LogP contribution is 2.55. The third-order valence-corrected chi connectivity index (χ3v) is 14.9. The van der Waals surface area contributed by atoms with Crippen molar-refractivity contribution in [3.63, 3.8) is 0 Å². The Balaban J connectivity index is 0.906. The minimum Gasteiger partial charge on any atom is -0.0622 e. The van der Waals surface area contributed by atoms with Crippen LogP contribution in [0.5, 0.6) is 0 Å². The fourth-order valence-corrected chi connectivity index (χ4v) is 11.9. The molecule has 0 nitrogen and oxygen atoms in total. The molecule has 61 heavy (non-hydrogen) atoms. The third-order valence-electron chi connectivity index (χ3n) is 14.9. The van der Waals surface area contributed by atoms with Crippen LogP contribution in [0.4, 0.5) is 0 Å². The van der Waals surface area contributed by atoms with Crippen LogP contribution >= 0.6 is 0 Å². The molecule has 0 atom stereocenters. The molecule has 0 N–H and O–H groups in total. The van der Waals surface area contributed by atoms with Gasteiger partial charge in [-0.15, -0.1) is 0 Å². The van der Waals surface area contributed by atoms with Gasteiger partial charge >= 0.3 is 0 Å². The zero-order valence-corrected chi connectivity index (χ0v) is 35.0. The molecular formula is C61H44. The number of rotatable bonds is 3. The quantitative estimate of drug-likeness (QED) is 0.157. The van der Waals surface area contributed by atoms with Crippen LogP contribution in [0.15, 0.2) is 182 Å². The summed E-state index contributed by atoms with van der Waals surface area (Å²) < 4.78 is 0. The summed E-state index contributed by atoms with van der Waals surface area (Å²) in [5, 5.41) is 7.94. The van der Waals surface area contributed by atoms with E-state index in [1.807, 2.05) is 0 Å². The van der Waals surface area contributed by atoms with Crippen molar-refractivity contribution in [3.05, 3.63) is 215 Å². The Hall–Kier alpha value is -7.02. The summed E-state index contributed by atoms with van der Waals surface area (Å²) in [4.78, 5) is 0. The summed E-state index contributed by atoms with van der Waals surface area (Å²) >= 11 is 0. The Morgan fingerprint density at radius 2 is 0.754 bits per heavy atom. The zero-order chi connectivity index (χ0) is 40.8. The van der Waals surface area contributed by atoms with E-state index in [0.717, 1.165) is 6.42 Å². The SMILES string of the molecule is CC1(C)c2cc(-c3ccc4c(c3)C(C)(C)c3ccc5c6c(ccc5c3-4)-c3ccccc3C6)ccc2-c2ccc(-c3c4ccccc4c(-c4ccccc4)c4ccccc34)cc21. The maximum Gasteiger partial charge on any atom is 0.0159 e. The molecule has 0 fully saturated rings. The molecule has 288 valence electrons. The Bertz CT molecular complexity index is 3480. The summed E-state index contributed by atoms with van der Waals surface area (Å²) in [7, 11) is 0. The van der Waals surface area contributed by atoms with Crippen LogP contribution in [0.25, 0.3) is 99.1 Å². The number of benzene rings is 10. The van der Waals surface area contributed by atoms with Gasteiger partial charge in [-0.25, -0.2) is 0 Å². The van der Waals surface area contributed by atoms with Gasteiger partial charge in [-0.05, 0) is 157 Å². The van der Waals surface area contributed by atoms with Gasteiger partial charge in [0.25, 0.3) is 0 Å². The second-order valence-corrected chi connectivity index (χ2v) is 18.7. The normalized spacial score (nSPS) is 14.8. The molecule has 0 heterocycles. The van der Waals surface area contributed by atoms with Gasteiger partial charge in [-0.1, -0.05) is 191 Å². The Kier molecular flexibility index (Phi) is 7.00. The fraction of sp³-hybridized carbons (Fsp3) is 0.115. The minimum atomic E-state index is -0.169. The van der Waals surface area contributed by atoms with Crippen molar-refractivity contribution in [3.8, 4) is 66.8 Å². The molecule has 0 heteroatoms. The molecule has 0 bridgehead atoms. The summed E-state index contributed by atoms with van der Waals surface area (Å²) in [6, 6.07) is 69.1. The van der Waals surface area contributed by atoms with Crippen molar-refractivity contribution in [1.29, 1.82) is 0 Å². The van der Waals surface area contributed by atoms with Crippen molar-refractivity contribution in [2.45, 2.75) is 44.9 Å². The van der Waals surface area contributed by atoms with Crippen LogP contribution in [0, 0.1) is 0 Å². The first-order valence-electron chi connectivity index (χ1n) is 21.9. The third kappa shape index (κ3) is 4.71. The molecule has 10 aromatic carbocycles. The first kappa shape index (κ1) is 34.8. The lowest BCUT2D eigenvalue weighted by molar-refractivity contribution is 0.660. The van der Waals surface area contributed by atoms with E-state index in [9.17, 15) is 0 Å². The first-order valence-corrected chi connectivity index (χ1v) is 21.9. The van der Waals surface area contributed by atoms with Gasteiger partial charge in [0, 0.05) is 10.8 Å². The predicted octanol–water partition coefficient (Wildman–Crippen LogP) is 16.3. The average Bonchev–Trinajstić information content (AvgIpc) is 3.87. The average molecular weight is 777 g/mol. The molecule has 0 saturated heterocycles. The summed E-state index contributed by atoms with van der Waals surface area (Å²) in [6.45, 7) is 9.67. The molecule has 0 amide bonds. The maximum absolute atomic E-state index is 2.50. The number of hydrogen-bond donors (Lipinski definition) is 0.